The molecule has 0 spiro atoms. The number of oxazole rings is 2. The van der Waals surface area contributed by atoms with Crippen molar-refractivity contribution in [2.24, 2.45) is 4.99 Å². The number of rotatable bonds is 21. The number of benzene rings is 4. The molecule has 0 saturated carbocycles. The quantitative estimate of drug-likeness (QED) is 0.0347. The number of ether oxygens (including phenoxy) is 3. The van der Waals surface area contributed by atoms with Crippen LogP contribution < -0.4 is 30.7 Å². The number of anilines is 2. The van der Waals surface area contributed by atoms with Crippen molar-refractivity contribution in [3.63, 3.8) is 0 Å². The molecule has 0 fully saturated rings. The average Bonchev–Trinajstić information content (AvgIpc) is 3.91. The molecule has 0 radical (unpaired) electrons. The van der Waals surface area contributed by atoms with E-state index >= 15 is 0 Å². The molecule has 7 rings (SSSR count). The van der Waals surface area contributed by atoms with Crippen LogP contribution >= 0.6 is 0 Å². The predicted molar refractivity (Wildman–Crippen MR) is 238 cm³/mol. The Balaban J connectivity index is 0.000000214. The molecule has 2 atom stereocenters. The van der Waals surface area contributed by atoms with Crippen LogP contribution in [0, 0.1) is 0 Å². The monoisotopic (exact) mass is 877 g/mol. The molecule has 0 saturated heterocycles. The molecular formula is C46H51N7O11. The van der Waals surface area contributed by atoms with E-state index < -0.39 is 24.0 Å². The number of carboxylic acid groups (broad SMARTS) is 2. The first-order chi connectivity index (χ1) is 31.1. The summed E-state index contributed by atoms with van der Waals surface area (Å²) < 4.78 is 27.3. The fourth-order valence-electron chi connectivity index (χ4n) is 6.35. The average molecular weight is 878 g/mol. The molecule has 1 aliphatic heterocycles. The number of aliphatic carboxylic acids is 2. The zero-order valence-corrected chi connectivity index (χ0v) is 35.3. The van der Waals surface area contributed by atoms with Gasteiger partial charge in [-0.2, -0.15) is 9.97 Å². The number of carbonyl (C=O) groups is 4. The van der Waals surface area contributed by atoms with Crippen LogP contribution in [0.25, 0.3) is 22.2 Å². The van der Waals surface area contributed by atoms with Gasteiger partial charge in [-0.25, -0.2) is 9.59 Å². The van der Waals surface area contributed by atoms with E-state index in [1.165, 1.54) is 0 Å². The van der Waals surface area contributed by atoms with Crippen molar-refractivity contribution >= 4 is 64.0 Å². The number of para-hydroxylation sites is 4. The largest absolute Gasteiger partial charge is 0.494 e. The Morgan fingerprint density at radius 2 is 1.20 bits per heavy atom. The van der Waals surface area contributed by atoms with Crippen LogP contribution in [0.1, 0.15) is 50.2 Å². The molecule has 6 aromatic rings. The molecule has 336 valence electrons. The molecule has 2 aromatic heterocycles. The third kappa shape index (κ3) is 14.5. The molecule has 0 unspecified atom stereocenters. The number of aromatic nitrogens is 2. The lowest BCUT2D eigenvalue weighted by Crippen LogP contribution is -2.43. The van der Waals surface area contributed by atoms with E-state index in [-0.39, 0.29) is 36.7 Å². The number of esters is 1. The Labute approximate surface area is 368 Å². The summed E-state index contributed by atoms with van der Waals surface area (Å²) in [5.74, 6) is -0.492. The third-order valence-electron chi connectivity index (χ3n) is 9.58. The first-order valence-corrected chi connectivity index (χ1v) is 21.0. The molecule has 4 aromatic carbocycles. The van der Waals surface area contributed by atoms with Gasteiger partial charge in [0.25, 0.3) is 12.0 Å². The summed E-state index contributed by atoms with van der Waals surface area (Å²) in [5.41, 5.74) is 4.15. The molecule has 18 nitrogen and oxygen atoms in total. The van der Waals surface area contributed by atoms with Crippen LogP contribution in [-0.4, -0.2) is 94.9 Å². The molecule has 0 bridgehead atoms. The Kier molecular flexibility index (Phi) is 16.9. The first-order valence-electron chi connectivity index (χ1n) is 21.0. The number of aliphatic imine (C=N–C) groups is 1. The Bertz CT molecular complexity index is 2420. The Morgan fingerprint density at radius 3 is 1.66 bits per heavy atom. The summed E-state index contributed by atoms with van der Waals surface area (Å²) in [6.07, 6.45) is 3.24. The highest BCUT2D eigenvalue weighted by Gasteiger charge is 2.22. The van der Waals surface area contributed by atoms with Gasteiger partial charge < -0.3 is 49.2 Å². The highest BCUT2D eigenvalue weighted by molar-refractivity contribution is 5.97. The second-order valence-corrected chi connectivity index (χ2v) is 14.5. The number of carbonyl (C=O) groups excluding carboxylic acids is 2. The van der Waals surface area contributed by atoms with Crippen LogP contribution in [-0.2, 0) is 36.8 Å². The lowest BCUT2D eigenvalue weighted by Gasteiger charge is -2.15. The number of nitrogens with zero attached hydrogens (tertiary/aromatic N) is 3. The highest BCUT2D eigenvalue weighted by atomic mass is 16.5. The van der Waals surface area contributed by atoms with E-state index in [9.17, 15) is 29.4 Å². The van der Waals surface area contributed by atoms with Crippen molar-refractivity contribution in [3.05, 3.63) is 108 Å². The minimum absolute atomic E-state index is 0.0988. The van der Waals surface area contributed by atoms with Crippen LogP contribution in [0.2, 0.25) is 0 Å². The van der Waals surface area contributed by atoms with Gasteiger partial charge in [0.1, 0.15) is 34.6 Å². The van der Waals surface area contributed by atoms with E-state index in [1.54, 1.807) is 55.5 Å². The predicted octanol–water partition coefficient (Wildman–Crippen LogP) is 6.22. The summed E-state index contributed by atoms with van der Waals surface area (Å²) in [5, 5.41) is 30.7. The zero-order valence-electron chi connectivity index (χ0n) is 35.3. The van der Waals surface area contributed by atoms with E-state index in [4.69, 9.17) is 23.0 Å². The lowest BCUT2D eigenvalue weighted by molar-refractivity contribution is -0.143. The van der Waals surface area contributed by atoms with Gasteiger partial charge in [-0.15, -0.1) is 0 Å². The van der Waals surface area contributed by atoms with E-state index in [2.05, 4.69) is 36.2 Å². The minimum atomic E-state index is -1.00. The molecule has 1 amide bonds. The van der Waals surface area contributed by atoms with Gasteiger partial charge in [0.05, 0.1) is 19.8 Å². The Morgan fingerprint density at radius 1 is 0.703 bits per heavy atom. The molecule has 1 aliphatic rings. The van der Waals surface area contributed by atoms with E-state index in [0.717, 1.165) is 30.6 Å². The molecule has 6 N–H and O–H groups in total. The summed E-state index contributed by atoms with van der Waals surface area (Å²) in [7, 11) is 0. The van der Waals surface area contributed by atoms with Crippen molar-refractivity contribution in [3.8, 4) is 11.5 Å². The van der Waals surface area contributed by atoms with Gasteiger partial charge in [-0.1, -0.05) is 48.5 Å². The van der Waals surface area contributed by atoms with Gasteiger partial charge in [0.15, 0.2) is 17.1 Å². The van der Waals surface area contributed by atoms with Crippen molar-refractivity contribution in [1.29, 1.82) is 0 Å². The fourth-order valence-corrected chi connectivity index (χ4v) is 6.35. The summed E-state index contributed by atoms with van der Waals surface area (Å²) >= 11 is 0. The summed E-state index contributed by atoms with van der Waals surface area (Å²) in [6, 6.07) is 27.4. The SMILES string of the molecule is CCOC(=O)CCCOc1ccc(C[C@H](Nc2nc3ccccc3o2)C(=O)O)cc1.O=C(CCCOc1ccc(C[C@H](Nc2nc3ccccc3o2)C(=O)O)cc1)NC1=NCCCN1. The third-order valence-corrected chi connectivity index (χ3v) is 9.58. The van der Waals surface area contributed by atoms with Crippen LogP contribution in [0.4, 0.5) is 12.0 Å². The molecule has 3 heterocycles. The minimum Gasteiger partial charge on any atom is -0.494 e. The topological polar surface area (TPSA) is 249 Å². The molecular weight excluding hydrogens is 827 g/mol. The van der Waals surface area contributed by atoms with Crippen molar-refractivity contribution in [2.75, 3.05) is 43.5 Å². The number of nitrogens with one attached hydrogen (secondary N) is 4. The highest BCUT2D eigenvalue weighted by Crippen LogP contribution is 2.22. The van der Waals surface area contributed by atoms with Gasteiger partial charge in [-0.3, -0.25) is 19.9 Å². The lowest BCUT2D eigenvalue weighted by atomic mass is 10.1. The summed E-state index contributed by atoms with van der Waals surface area (Å²) in [4.78, 5) is 59.4. The first kappa shape index (κ1) is 45.9. The number of hydrogen-bond acceptors (Lipinski definition) is 15. The molecule has 0 aliphatic carbocycles. The fraction of sp³-hybridized carbons (Fsp3) is 0.326. The van der Waals surface area contributed by atoms with Crippen LogP contribution in [0.5, 0.6) is 11.5 Å². The standard InChI is InChI=1S/C24H27N5O5.C22H24N2O6/c30-21(29-23-25-12-4-13-26-23)7-3-14-33-17-10-8-16(9-11-17)15-19(22(31)32)28-24-27-18-5-1-2-6-20(18)34-24;1-2-28-20(25)8-5-13-29-16-11-9-15(10-12-16)14-18(21(26)27)24-22-23-17-6-3-4-7-19(17)30-22/h1-2,5-6,8-11,19H,3-4,7,12-15H2,(H,27,28)(H,31,32)(H2,25,26,29,30);3-4,6-7,9-12,18H,2,5,8,13-14H2,1H3,(H,23,24)(H,26,27)/t19-;18-/m00/s1. The van der Waals surface area contributed by atoms with Gasteiger partial charge >= 0.3 is 17.9 Å². The summed E-state index contributed by atoms with van der Waals surface area (Å²) in [6.45, 7) is 4.48. The number of amides is 1. The number of hydrogen-bond donors (Lipinski definition) is 6. The molecule has 18 heteroatoms. The van der Waals surface area contributed by atoms with Crippen molar-refractivity contribution in [1.82, 2.24) is 20.6 Å². The van der Waals surface area contributed by atoms with Gasteiger partial charge in [0, 0.05) is 38.8 Å². The normalized spacial score (nSPS) is 13.0. The Hall–Kier alpha value is -7.63. The molecule has 64 heavy (non-hydrogen) atoms. The van der Waals surface area contributed by atoms with Crippen LogP contribution in [0.3, 0.4) is 0 Å². The number of fused-ring (bicyclic) bond motifs is 2. The maximum absolute atomic E-state index is 12.0. The van der Waals surface area contributed by atoms with Gasteiger partial charge in [-0.05, 0) is 85.8 Å². The van der Waals surface area contributed by atoms with Gasteiger partial charge in [0.2, 0.25) is 5.91 Å². The van der Waals surface area contributed by atoms with Crippen molar-refractivity contribution < 1.29 is 52.4 Å². The second kappa shape index (κ2) is 23.5. The van der Waals surface area contributed by atoms with E-state index in [0.29, 0.717) is 85.2 Å². The van der Waals surface area contributed by atoms with Crippen LogP contribution in [0.15, 0.2) is 111 Å². The maximum atomic E-state index is 12.0. The zero-order chi connectivity index (χ0) is 45.1. The second-order valence-electron chi connectivity index (χ2n) is 14.5. The van der Waals surface area contributed by atoms with E-state index in [1.807, 2.05) is 48.5 Å². The number of guanidine groups is 1. The number of carboxylic acids is 2. The van der Waals surface area contributed by atoms with Crippen molar-refractivity contribution in [2.45, 2.75) is 64.0 Å². The maximum Gasteiger partial charge on any atom is 0.326 e. The smallest absolute Gasteiger partial charge is 0.326 e.